The molecule has 2 aromatic heterocycles. The number of hydrogen-bond donors (Lipinski definition) is 1. The molecule has 0 saturated carbocycles. The Morgan fingerprint density at radius 1 is 0.967 bits per heavy atom. The zero-order chi connectivity index (χ0) is 21.8. The molecular weight excluding hydrogens is 382 g/mol. The average molecular weight is 412 g/mol. The second-order valence-electron chi connectivity index (χ2n) is 7.77. The van der Waals surface area contributed by atoms with Gasteiger partial charge in [-0.1, -0.05) is 39.0 Å². The fourth-order valence-corrected chi connectivity index (χ4v) is 3.60. The van der Waals surface area contributed by atoms with Gasteiger partial charge >= 0.3 is 5.69 Å². The molecule has 0 bridgehead atoms. The lowest BCUT2D eigenvalue weighted by Gasteiger charge is -2.12. The number of nitrogens with one attached hydrogen (secondary N) is 1. The van der Waals surface area contributed by atoms with Crippen molar-refractivity contribution in [2.45, 2.75) is 58.8 Å². The highest BCUT2D eigenvalue weighted by molar-refractivity contribution is 5.96. The molecule has 1 N–H and O–H groups in total. The second kappa shape index (κ2) is 9.19. The van der Waals surface area contributed by atoms with Crippen LogP contribution in [0.15, 0.2) is 21.7 Å². The minimum absolute atomic E-state index is 0.0250. The van der Waals surface area contributed by atoms with E-state index in [1.165, 1.54) is 30.9 Å². The molecule has 2 heterocycles. The predicted molar refractivity (Wildman–Crippen MR) is 119 cm³/mol. The topological polar surface area (TPSA) is 98.9 Å². The number of aryl methyl sites for hydroxylation is 2. The Bertz CT molecular complexity index is 1210. The van der Waals surface area contributed by atoms with E-state index in [-0.39, 0.29) is 17.1 Å². The highest BCUT2D eigenvalue weighted by atomic mass is 16.2. The Morgan fingerprint density at radius 3 is 2.40 bits per heavy atom. The van der Waals surface area contributed by atoms with Gasteiger partial charge in [0.05, 0.1) is 11.0 Å². The fraction of sp³-hybridized carbons (Fsp3) is 0.500. The molecular formula is C22H29N5O3. The molecule has 8 nitrogen and oxygen atoms in total. The number of fused-ring (bicyclic) bond motifs is 2. The number of hydrogen-bond acceptors (Lipinski definition) is 5. The standard InChI is InChI=1S/C22H29N5O3/c1-5-6-7-8-9-10-11-17(28)23-15-12-13-16-18(14(15)2)25-20-19(24-16)21(29)27(4)22(30)26(20)3/h12-13H,5-11H2,1-4H3,(H,23,28). The first-order valence-electron chi connectivity index (χ1n) is 10.5. The van der Waals surface area contributed by atoms with Crippen molar-refractivity contribution in [2.24, 2.45) is 14.1 Å². The summed E-state index contributed by atoms with van der Waals surface area (Å²) in [5.74, 6) is -0.0250. The summed E-state index contributed by atoms with van der Waals surface area (Å²) in [5, 5.41) is 2.96. The quantitative estimate of drug-likeness (QED) is 0.453. The molecule has 3 rings (SSSR count). The highest BCUT2D eigenvalue weighted by Gasteiger charge is 2.15. The first kappa shape index (κ1) is 21.7. The summed E-state index contributed by atoms with van der Waals surface area (Å²) in [6.45, 7) is 4.04. The SMILES string of the molecule is CCCCCCCCC(=O)Nc1ccc2nc3c(=O)n(C)c(=O)n(C)c3nc2c1C. The van der Waals surface area contributed by atoms with E-state index in [1.54, 1.807) is 19.2 Å². The van der Waals surface area contributed by atoms with E-state index in [1.807, 2.05) is 6.92 Å². The molecule has 3 aromatic rings. The van der Waals surface area contributed by atoms with Crippen molar-refractivity contribution in [2.75, 3.05) is 5.32 Å². The zero-order valence-electron chi connectivity index (χ0n) is 18.1. The van der Waals surface area contributed by atoms with Gasteiger partial charge in [-0.15, -0.1) is 0 Å². The van der Waals surface area contributed by atoms with Crippen LogP contribution in [0, 0.1) is 6.92 Å². The predicted octanol–water partition coefficient (Wildman–Crippen LogP) is 3.18. The molecule has 0 spiro atoms. The number of anilines is 1. The number of amides is 1. The normalized spacial score (nSPS) is 11.3. The van der Waals surface area contributed by atoms with E-state index in [0.717, 1.165) is 29.4 Å². The minimum Gasteiger partial charge on any atom is -0.326 e. The third kappa shape index (κ3) is 4.27. The molecule has 0 aliphatic rings. The van der Waals surface area contributed by atoms with E-state index < -0.39 is 11.2 Å². The first-order valence-corrected chi connectivity index (χ1v) is 10.5. The number of aromatic nitrogens is 4. The van der Waals surface area contributed by atoms with Crippen LogP contribution in [-0.2, 0) is 18.9 Å². The lowest BCUT2D eigenvalue weighted by molar-refractivity contribution is -0.116. The molecule has 0 unspecified atom stereocenters. The molecule has 0 saturated heterocycles. The van der Waals surface area contributed by atoms with Crippen LogP contribution in [0.4, 0.5) is 5.69 Å². The van der Waals surface area contributed by atoms with E-state index in [9.17, 15) is 14.4 Å². The van der Waals surface area contributed by atoms with Crippen LogP contribution in [-0.4, -0.2) is 25.0 Å². The maximum absolute atomic E-state index is 12.4. The number of benzene rings is 1. The number of carbonyl (C=O) groups excluding carboxylic acids is 1. The highest BCUT2D eigenvalue weighted by Crippen LogP contribution is 2.24. The van der Waals surface area contributed by atoms with Gasteiger partial charge in [0.25, 0.3) is 5.56 Å². The molecule has 0 aliphatic carbocycles. The van der Waals surface area contributed by atoms with Gasteiger partial charge in [0, 0.05) is 31.8 Å². The third-order valence-corrected chi connectivity index (χ3v) is 5.50. The molecule has 160 valence electrons. The summed E-state index contributed by atoms with van der Waals surface area (Å²) < 4.78 is 2.33. The van der Waals surface area contributed by atoms with Crippen LogP contribution in [0.1, 0.15) is 57.4 Å². The van der Waals surface area contributed by atoms with Crippen LogP contribution in [0.5, 0.6) is 0 Å². The summed E-state index contributed by atoms with van der Waals surface area (Å²) in [6.07, 6.45) is 7.26. The summed E-state index contributed by atoms with van der Waals surface area (Å²) in [5.41, 5.74) is 1.97. The van der Waals surface area contributed by atoms with Crippen LogP contribution in [0.2, 0.25) is 0 Å². The first-order chi connectivity index (χ1) is 14.3. The lowest BCUT2D eigenvalue weighted by Crippen LogP contribution is -2.37. The summed E-state index contributed by atoms with van der Waals surface area (Å²) in [4.78, 5) is 46.0. The van der Waals surface area contributed by atoms with Gasteiger partial charge in [-0.25, -0.2) is 14.8 Å². The Hall–Kier alpha value is -3.03. The van der Waals surface area contributed by atoms with Gasteiger partial charge < -0.3 is 5.32 Å². The van der Waals surface area contributed by atoms with Gasteiger partial charge in [0.2, 0.25) is 5.91 Å². The molecule has 8 heteroatoms. The van der Waals surface area contributed by atoms with Crippen LogP contribution >= 0.6 is 0 Å². The van der Waals surface area contributed by atoms with Crippen LogP contribution < -0.4 is 16.6 Å². The maximum Gasteiger partial charge on any atom is 0.332 e. The van der Waals surface area contributed by atoms with Crippen molar-refractivity contribution in [3.8, 4) is 0 Å². The average Bonchev–Trinajstić information content (AvgIpc) is 2.74. The Morgan fingerprint density at radius 2 is 1.67 bits per heavy atom. The largest absolute Gasteiger partial charge is 0.332 e. The van der Waals surface area contributed by atoms with Crippen LogP contribution in [0.3, 0.4) is 0 Å². The van der Waals surface area contributed by atoms with Crippen molar-refractivity contribution >= 4 is 33.8 Å². The van der Waals surface area contributed by atoms with Gasteiger partial charge in [-0.3, -0.25) is 18.7 Å². The van der Waals surface area contributed by atoms with E-state index >= 15 is 0 Å². The molecule has 0 radical (unpaired) electrons. The van der Waals surface area contributed by atoms with Crippen molar-refractivity contribution in [1.82, 2.24) is 19.1 Å². The fourth-order valence-electron chi connectivity index (χ4n) is 3.60. The summed E-state index contributed by atoms with van der Waals surface area (Å²) in [6, 6.07) is 3.52. The van der Waals surface area contributed by atoms with E-state index in [2.05, 4.69) is 22.2 Å². The maximum atomic E-state index is 12.4. The summed E-state index contributed by atoms with van der Waals surface area (Å²) in [7, 11) is 2.98. The summed E-state index contributed by atoms with van der Waals surface area (Å²) >= 11 is 0. The van der Waals surface area contributed by atoms with Gasteiger partial charge in [0.15, 0.2) is 11.2 Å². The molecule has 0 aliphatic heterocycles. The third-order valence-electron chi connectivity index (χ3n) is 5.50. The van der Waals surface area contributed by atoms with Crippen LogP contribution in [0.25, 0.3) is 22.2 Å². The molecule has 0 fully saturated rings. The second-order valence-corrected chi connectivity index (χ2v) is 7.77. The number of carbonyl (C=O) groups is 1. The lowest BCUT2D eigenvalue weighted by atomic mass is 10.1. The zero-order valence-corrected chi connectivity index (χ0v) is 18.1. The molecule has 1 amide bonds. The Balaban J connectivity index is 1.85. The monoisotopic (exact) mass is 411 g/mol. The smallest absolute Gasteiger partial charge is 0.326 e. The van der Waals surface area contributed by atoms with Gasteiger partial charge in [-0.2, -0.15) is 0 Å². The van der Waals surface area contributed by atoms with Crippen molar-refractivity contribution in [1.29, 1.82) is 0 Å². The Labute approximate surface area is 175 Å². The van der Waals surface area contributed by atoms with Crippen molar-refractivity contribution < 1.29 is 4.79 Å². The minimum atomic E-state index is -0.475. The number of nitrogens with zero attached hydrogens (tertiary/aromatic N) is 4. The molecule has 1 aromatic carbocycles. The van der Waals surface area contributed by atoms with E-state index in [4.69, 9.17) is 0 Å². The van der Waals surface area contributed by atoms with Crippen molar-refractivity contribution in [3.63, 3.8) is 0 Å². The van der Waals surface area contributed by atoms with Gasteiger partial charge in [-0.05, 0) is 25.5 Å². The van der Waals surface area contributed by atoms with Gasteiger partial charge in [0.1, 0.15) is 0 Å². The number of unbranched alkanes of at least 4 members (excludes halogenated alkanes) is 5. The molecule has 0 atom stereocenters. The Kier molecular flexibility index (Phi) is 6.64. The number of rotatable bonds is 8. The van der Waals surface area contributed by atoms with E-state index in [0.29, 0.717) is 23.1 Å². The van der Waals surface area contributed by atoms with Crippen molar-refractivity contribution in [3.05, 3.63) is 38.5 Å². The molecule has 30 heavy (non-hydrogen) atoms.